The van der Waals surface area contributed by atoms with Crippen LogP contribution in [0.15, 0.2) is 58.4 Å². The highest BCUT2D eigenvalue weighted by atomic mass is 35.5. The van der Waals surface area contributed by atoms with Gasteiger partial charge in [0.15, 0.2) is 5.17 Å². The number of halogens is 1. The first kappa shape index (κ1) is 17.6. The molecule has 1 N–H and O–H groups in total. The molecule has 128 valence electrons. The van der Waals surface area contributed by atoms with Gasteiger partial charge in [0.2, 0.25) is 0 Å². The molecule has 4 nitrogen and oxygen atoms in total. The van der Waals surface area contributed by atoms with Crippen LogP contribution in [0.3, 0.4) is 0 Å². The molecule has 6 heteroatoms. The minimum absolute atomic E-state index is 0.131. The maximum atomic E-state index is 12.1. The van der Waals surface area contributed by atoms with Crippen LogP contribution in [0.25, 0.3) is 6.08 Å². The second-order valence-corrected chi connectivity index (χ2v) is 7.16. The summed E-state index contributed by atoms with van der Waals surface area (Å²) in [6.45, 7) is 3.97. The van der Waals surface area contributed by atoms with Crippen LogP contribution in [0.2, 0.25) is 5.02 Å². The molecule has 0 aromatic heterocycles. The zero-order valence-electron chi connectivity index (χ0n) is 13.8. The number of thioether (sulfide) groups is 1. The van der Waals surface area contributed by atoms with E-state index < -0.39 is 0 Å². The minimum atomic E-state index is -0.153. The average Bonchev–Trinajstić information content (AvgIpc) is 2.90. The Bertz CT molecular complexity index is 828. The van der Waals surface area contributed by atoms with Crippen molar-refractivity contribution in [2.45, 2.75) is 20.0 Å². The fourth-order valence-electron chi connectivity index (χ4n) is 2.18. The number of carbonyl (C=O) groups is 1. The Morgan fingerprint density at radius 2 is 1.80 bits per heavy atom. The van der Waals surface area contributed by atoms with Crippen LogP contribution in [-0.4, -0.2) is 17.2 Å². The molecule has 0 saturated carbocycles. The summed E-state index contributed by atoms with van der Waals surface area (Å²) in [4.78, 5) is 17.1. The van der Waals surface area contributed by atoms with E-state index in [0.717, 1.165) is 17.0 Å². The number of benzene rings is 2. The third-order valence-corrected chi connectivity index (χ3v) is 4.42. The van der Waals surface area contributed by atoms with Crippen LogP contribution in [-0.2, 0) is 4.79 Å². The van der Waals surface area contributed by atoms with E-state index in [2.05, 4.69) is 10.3 Å². The Labute approximate surface area is 155 Å². The van der Waals surface area contributed by atoms with Crippen LogP contribution in [0.1, 0.15) is 19.4 Å². The second-order valence-electron chi connectivity index (χ2n) is 5.69. The molecular formula is C19H17ClN2O2S. The standard InChI is InChI=1S/C19H17ClN2O2S/c1-12(2)24-16-9-3-13(4-10-16)11-17-18(23)22-19(25-17)21-15-7-5-14(20)6-8-15/h3-12H,1-2H3,(H,21,22,23)/b17-11-. The van der Waals surface area contributed by atoms with Gasteiger partial charge in [0, 0.05) is 5.02 Å². The van der Waals surface area contributed by atoms with E-state index in [4.69, 9.17) is 16.3 Å². The molecule has 2 aromatic rings. The molecule has 2 aromatic carbocycles. The number of nitrogens with zero attached hydrogens (tertiary/aromatic N) is 1. The van der Waals surface area contributed by atoms with Crippen molar-refractivity contribution in [1.82, 2.24) is 5.32 Å². The SMILES string of the molecule is CC(C)Oc1ccc(/C=C2\SC(=Nc3ccc(Cl)cc3)NC2=O)cc1. The summed E-state index contributed by atoms with van der Waals surface area (Å²) < 4.78 is 5.62. The van der Waals surface area contributed by atoms with Gasteiger partial charge in [-0.3, -0.25) is 4.79 Å². The highest BCUT2D eigenvalue weighted by Crippen LogP contribution is 2.28. The lowest BCUT2D eigenvalue weighted by Gasteiger charge is -2.09. The lowest BCUT2D eigenvalue weighted by molar-refractivity contribution is -0.115. The number of hydrogen-bond donors (Lipinski definition) is 1. The Morgan fingerprint density at radius 3 is 2.44 bits per heavy atom. The van der Waals surface area contributed by atoms with Crippen LogP contribution < -0.4 is 10.1 Å². The summed E-state index contributed by atoms with van der Waals surface area (Å²) in [6.07, 6.45) is 1.97. The van der Waals surface area contributed by atoms with Crippen LogP contribution >= 0.6 is 23.4 Å². The van der Waals surface area contributed by atoms with Gasteiger partial charge in [-0.1, -0.05) is 23.7 Å². The molecule has 0 aliphatic carbocycles. The van der Waals surface area contributed by atoms with Crippen molar-refractivity contribution < 1.29 is 9.53 Å². The molecule has 0 atom stereocenters. The highest BCUT2D eigenvalue weighted by Gasteiger charge is 2.23. The highest BCUT2D eigenvalue weighted by molar-refractivity contribution is 8.18. The summed E-state index contributed by atoms with van der Waals surface area (Å²) in [5, 5.41) is 3.98. The number of amidine groups is 1. The van der Waals surface area contributed by atoms with Crippen molar-refractivity contribution in [2.24, 2.45) is 4.99 Å². The van der Waals surface area contributed by atoms with E-state index in [1.807, 2.05) is 44.2 Å². The Morgan fingerprint density at radius 1 is 1.12 bits per heavy atom. The number of amides is 1. The third kappa shape index (κ3) is 4.87. The van der Waals surface area contributed by atoms with E-state index in [9.17, 15) is 4.79 Å². The molecule has 0 radical (unpaired) electrons. The molecule has 25 heavy (non-hydrogen) atoms. The van der Waals surface area contributed by atoms with Gasteiger partial charge in [0.25, 0.3) is 5.91 Å². The van der Waals surface area contributed by atoms with Crippen molar-refractivity contribution in [3.8, 4) is 5.75 Å². The Hall–Kier alpha value is -2.24. The van der Waals surface area contributed by atoms with E-state index in [-0.39, 0.29) is 12.0 Å². The minimum Gasteiger partial charge on any atom is -0.491 e. The lowest BCUT2D eigenvalue weighted by atomic mass is 10.2. The topological polar surface area (TPSA) is 50.7 Å². The van der Waals surface area contributed by atoms with E-state index in [1.54, 1.807) is 24.3 Å². The number of rotatable bonds is 4. The zero-order chi connectivity index (χ0) is 17.8. The molecule has 3 rings (SSSR count). The van der Waals surface area contributed by atoms with Crippen LogP contribution in [0.5, 0.6) is 5.75 Å². The number of hydrogen-bond acceptors (Lipinski definition) is 4. The molecule has 1 aliphatic heterocycles. The lowest BCUT2D eigenvalue weighted by Crippen LogP contribution is -2.19. The van der Waals surface area contributed by atoms with Gasteiger partial charge in [-0.15, -0.1) is 0 Å². The molecule has 1 aliphatic rings. The fourth-order valence-corrected chi connectivity index (χ4v) is 3.15. The van der Waals surface area contributed by atoms with E-state index >= 15 is 0 Å². The maximum Gasteiger partial charge on any atom is 0.264 e. The summed E-state index contributed by atoms with van der Waals surface area (Å²) in [6, 6.07) is 14.8. The molecule has 1 saturated heterocycles. The fraction of sp³-hybridized carbons (Fsp3) is 0.158. The Balaban J connectivity index is 1.73. The predicted octanol–water partition coefficient (Wildman–Crippen LogP) is 5.02. The van der Waals surface area contributed by atoms with Crippen molar-refractivity contribution in [3.63, 3.8) is 0 Å². The first-order valence-corrected chi connectivity index (χ1v) is 9.01. The van der Waals surface area contributed by atoms with E-state index in [0.29, 0.717) is 15.1 Å². The van der Waals surface area contributed by atoms with Gasteiger partial charge < -0.3 is 10.1 Å². The third-order valence-electron chi connectivity index (χ3n) is 3.26. The molecule has 1 heterocycles. The number of carbonyl (C=O) groups excluding carboxylic acids is 1. The van der Waals surface area contributed by atoms with Crippen molar-refractivity contribution in [3.05, 3.63) is 64.0 Å². The first-order chi connectivity index (χ1) is 12.0. The van der Waals surface area contributed by atoms with Gasteiger partial charge in [-0.25, -0.2) is 4.99 Å². The van der Waals surface area contributed by atoms with Gasteiger partial charge in [-0.2, -0.15) is 0 Å². The first-order valence-electron chi connectivity index (χ1n) is 7.81. The smallest absolute Gasteiger partial charge is 0.264 e. The number of ether oxygens (including phenoxy) is 1. The number of nitrogens with one attached hydrogen (secondary N) is 1. The molecular weight excluding hydrogens is 356 g/mol. The van der Waals surface area contributed by atoms with Crippen LogP contribution in [0, 0.1) is 0 Å². The zero-order valence-corrected chi connectivity index (χ0v) is 15.4. The Kier molecular flexibility index (Phi) is 5.46. The largest absolute Gasteiger partial charge is 0.491 e. The summed E-state index contributed by atoms with van der Waals surface area (Å²) in [7, 11) is 0. The molecule has 0 bridgehead atoms. The van der Waals surface area contributed by atoms with Crippen molar-refractivity contribution >= 4 is 46.2 Å². The van der Waals surface area contributed by atoms with Crippen molar-refractivity contribution in [2.75, 3.05) is 0 Å². The summed E-state index contributed by atoms with van der Waals surface area (Å²) in [5.41, 5.74) is 1.67. The number of aliphatic imine (C=N–C) groups is 1. The van der Waals surface area contributed by atoms with Gasteiger partial charge >= 0.3 is 0 Å². The van der Waals surface area contributed by atoms with E-state index in [1.165, 1.54) is 11.8 Å². The maximum absolute atomic E-state index is 12.1. The molecule has 0 spiro atoms. The monoisotopic (exact) mass is 372 g/mol. The normalized spacial score (nSPS) is 17.4. The average molecular weight is 373 g/mol. The van der Waals surface area contributed by atoms with Gasteiger partial charge in [-0.05, 0) is 73.6 Å². The molecule has 1 fully saturated rings. The predicted molar refractivity (Wildman–Crippen MR) is 104 cm³/mol. The van der Waals surface area contributed by atoms with Gasteiger partial charge in [0.1, 0.15) is 5.75 Å². The molecule has 0 unspecified atom stereocenters. The second kappa shape index (κ2) is 7.76. The summed E-state index contributed by atoms with van der Waals surface area (Å²) >= 11 is 7.18. The summed E-state index contributed by atoms with van der Waals surface area (Å²) in [5.74, 6) is 0.658. The molecule has 1 amide bonds. The van der Waals surface area contributed by atoms with Crippen molar-refractivity contribution in [1.29, 1.82) is 0 Å². The van der Waals surface area contributed by atoms with Gasteiger partial charge in [0.05, 0.1) is 16.7 Å². The van der Waals surface area contributed by atoms with Crippen LogP contribution in [0.4, 0.5) is 5.69 Å². The quantitative estimate of drug-likeness (QED) is 0.767.